The van der Waals surface area contributed by atoms with Gasteiger partial charge in [0.1, 0.15) is 0 Å². The number of anilines is 2. The SMILES string of the molecule is Cc1ccccc1N(C)c1ccc([C@H](C)N)cc1Cl. The molecule has 2 rings (SSSR count). The second-order valence-electron chi connectivity index (χ2n) is 4.85. The zero-order valence-electron chi connectivity index (χ0n) is 11.5. The average Bonchev–Trinajstić information content (AvgIpc) is 2.38. The molecule has 0 aliphatic carbocycles. The fraction of sp³-hybridized carbons (Fsp3) is 0.250. The van der Waals surface area contributed by atoms with E-state index in [1.54, 1.807) is 0 Å². The normalized spacial score (nSPS) is 12.3. The molecule has 0 aliphatic rings. The van der Waals surface area contributed by atoms with E-state index in [0.29, 0.717) is 0 Å². The van der Waals surface area contributed by atoms with Crippen molar-refractivity contribution in [1.82, 2.24) is 0 Å². The van der Waals surface area contributed by atoms with E-state index in [2.05, 4.69) is 24.0 Å². The number of rotatable bonds is 3. The molecule has 0 aliphatic heterocycles. The van der Waals surface area contributed by atoms with Gasteiger partial charge in [-0.2, -0.15) is 0 Å². The number of para-hydroxylation sites is 1. The van der Waals surface area contributed by atoms with Gasteiger partial charge in [-0.1, -0.05) is 35.9 Å². The maximum atomic E-state index is 6.37. The van der Waals surface area contributed by atoms with Gasteiger partial charge >= 0.3 is 0 Å². The number of hydrogen-bond acceptors (Lipinski definition) is 2. The summed E-state index contributed by atoms with van der Waals surface area (Å²) in [5.41, 5.74) is 10.3. The molecule has 3 heteroatoms. The van der Waals surface area contributed by atoms with Crippen molar-refractivity contribution >= 4 is 23.0 Å². The van der Waals surface area contributed by atoms with Gasteiger partial charge in [0.2, 0.25) is 0 Å². The molecule has 19 heavy (non-hydrogen) atoms. The maximum Gasteiger partial charge on any atom is 0.0646 e. The first-order valence-electron chi connectivity index (χ1n) is 6.35. The molecular weight excluding hydrogens is 256 g/mol. The minimum absolute atomic E-state index is 0.00434. The van der Waals surface area contributed by atoms with Crippen LogP contribution in [0.25, 0.3) is 0 Å². The van der Waals surface area contributed by atoms with Crippen molar-refractivity contribution in [1.29, 1.82) is 0 Å². The molecule has 100 valence electrons. The standard InChI is InChI=1S/C16H19ClN2/c1-11-6-4-5-7-15(11)19(3)16-9-8-13(12(2)18)10-14(16)17/h4-10,12H,18H2,1-3H3/t12-/m0/s1. The molecule has 0 radical (unpaired) electrons. The summed E-state index contributed by atoms with van der Waals surface area (Å²) in [7, 11) is 2.02. The number of halogens is 1. The van der Waals surface area contributed by atoms with Crippen molar-refractivity contribution in [3.63, 3.8) is 0 Å². The monoisotopic (exact) mass is 274 g/mol. The highest BCUT2D eigenvalue weighted by Crippen LogP contribution is 2.33. The molecule has 0 saturated heterocycles. The summed E-state index contributed by atoms with van der Waals surface area (Å²) >= 11 is 6.37. The minimum atomic E-state index is -0.00434. The zero-order valence-corrected chi connectivity index (χ0v) is 12.3. The highest BCUT2D eigenvalue weighted by Gasteiger charge is 2.11. The molecule has 2 nitrogen and oxygen atoms in total. The molecule has 0 amide bonds. The summed E-state index contributed by atoms with van der Waals surface area (Å²) in [6.07, 6.45) is 0. The van der Waals surface area contributed by atoms with Crippen molar-refractivity contribution in [2.45, 2.75) is 19.9 Å². The van der Waals surface area contributed by atoms with E-state index in [9.17, 15) is 0 Å². The predicted octanol–water partition coefficient (Wildman–Crippen LogP) is 4.44. The molecule has 0 aromatic heterocycles. The number of nitrogens with zero attached hydrogens (tertiary/aromatic N) is 1. The molecular formula is C16H19ClN2. The van der Waals surface area contributed by atoms with Gasteiger partial charge in [0.25, 0.3) is 0 Å². The molecule has 2 aromatic rings. The smallest absolute Gasteiger partial charge is 0.0646 e. The second kappa shape index (κ2) is 5.64. The summed E-state index contributed by atoms with van der Waals surface area (Å²) < 4.78 is 0. The zero-order chi connectivity index (χ0) is 14.0. The fourth-order valence-electron chi connectivity index (χ4n) is 2.15. The Hall–Kier alpha value is -1.51. The van der Waals surface area contributed by atoms with Crippen molar-refractivity contribution in [3.8, 4) is 0 Å². The van der Waals surface area contributed by atoms with Crippen molar-refractivity contribution in [2.24, 2.45) is 5.73 Å². The number of benzene rings is 2. The van der Waals surface area contributed by atoms with E-state index in [1.807, 2.05) is 44.3 Å². The molecule has 2 aromatic carbocycles. The first-order valence-corrected chi connectivity index (χ1v) is 6.73. The topological polar surface area (TPSA) is 29.3 Å². The Balaban J connectivity index is 2.40. The lowest BCUT2D eigenvalue weighted by atomic mass is 10.1. The average molecular weight is 275 g/mol. The van der Waals surface area contributed by atoms with Crippen LogP contribution >= 0.6 is 11.6 Å². The van der Waals surface area contributed by atoms with Crippen LogP contribution in [0, 0.1) is 6.92 Å². The van der Waals surface area contributed by atoms with E-state index < -0.39 is 0 Å². The molecule has 0 fully saturated rings. The molecule has 0 bridgehead atoms. The van der Waals surface area contributed by atoms with Gasteiger partial charge in [-0.15, -0.1) is 0 Å². The Kier molecular flexibility index (Phi) is 4.13. The van der Waals surface area contributed by atoms with E-state index >= 15 is 0 Å². The Morgan fingerprint density at radius 2 is 1.79 bits per heavy atom. The van der Waals surface area contributed by atoms with Crippen LogP contribution in [0.2, 0.25) is 5.02 Å². The van der Waals surface area contributed by atoms with Gasteiger partial charge in [-0.25, -0.2) is 0 Å². The summed E-state index contributed by atoms with van der Waals surface area (Å²) in [6, 6.07) is 14.2. The van der Waals surface area contributed by atoms with E-state index in [4.69, 9.17) is 17.3 Å². The van der Waals surface area contributed by atoms with Crippen LogP contribution in [0.4, 0.5) is 11.4 Å². The third-order valence-corrected chi connectivity index (χ3v) is 3.64. The van der Waals surface area contributed by atoms with Crippen LogP contribution in [-0.2, 0) is 0 Å². The molecule has 2 N–H and O–H groups in total. The summed E-state index contributed by atoms with van der Waals surface area (Å²) in [4.78, 5) is 2.10. The molecule has 0 saturated carbocycles. The Bertz CT molecular complexity index is 579. The lowest BCUT2D eigenvalue weighted by Gasteiger charge is -2.23. The van der Waals surface area contributed by atoms with Crippen LogP contribution in [0.15, 0.2) is 42.5 Å². The van der Waals surface area contributed by atoms with E-state index in [-0.39, 0.29) is 6.04 Å². The molecule has 0 spiro atoms. The van der Waals surface area contributed by atoms with Crippen molar-refractivity contribution in [2.75, 3.05) is 11.9 Å². The minimum Gasteiger partial charge on any atom is -0.343 e. The van der Waals surface area contributed by atoms with Crippen LogP contribution < -0.4 is 10.6 Å². The Morgan fingerprint density at radius 3 is 2.37 bits per heavy atom. The summed E-state index contributed by atoms with van der Waals surface area (Å²) in [5, 5.41) is 0.723. The molecule has 0 heterocycles. The molecule has 1 atom stereocenters. The van der Waals surface area contributed by atoms with Crippen LogP contribution in [0.3, 0.4) is 0 Å². The van der Waals surface area contributed by atoms with Gasteiger partial charge in [0, 0.05) is 18.8 Å². The Morgan fingerprint density at radius 1 is 1.11 bits per heavy atom. The fourth-order valence-corrected chi connectivity index (χ4v) is 2.46. The predicted molar refractivity (Wildman–Crippen MR) is 83.3 cm³/mol. The second-order valence-corrected chi connectivity index (χ2v) is 5.25. The van der Waals surface area contributed by atoms with Crippen LogP contribution in [0.5, 0.6) is 0 Å². The summed E-state index contributed by atoms with van der Waals surface area (Å²) in [5.74, 6) is 0. The van der Waals surface area contributed by atoms with Gasteiger partial charge in [0.15, 0.2) is 0 Å². The quantitative estimate of drug-likeness (QED) is 0.897. The number of nitrogens with two attached hydrogens (primary N) is 1. The summed E-state index contributed by atoms with van der Waals surface area (Å²) in [6.45, 7) is 4.05. The molecule has 0 unspecified atom stereocenters. The number of hydrogen-bond donors (Lipinski definition) is 1. The highest BCUT2D eigenvalue weighted by molar-refractivity contribution is 6.33. The first kappa shape index (κ1) is 13.9. The van der Waals surface area contributed by atoms with Gasteiger partial charge in [0.05, 0.1) is 10.7 Å². The van der Waals surface area contributed by atoms with Crippen LogP contribution in [-0.4, -0.2) is 7.05 Å². The first-order chi connectivity index (χ1) is 9.00. The van der Waals surface area contributed by atoms with Gasteiger partial charge in [-0.05, 0) is 43.2 Å². The van der Waals surface area contributed by atoms with E-state index in [1.165, 1.54) is 5.56 Å². The van der Waals surface area contributed by atoms with Gasteiger partial charge in [-0.3, -0.25) is 0 Å². The highest BCUT2D eigenvalue weighted by atomic mass is 35.5. The lowest BCUT2D eigenvalue weighted by molar-refractivity contribution is 0.818. The van der Waals surface area contributed by atoms with Crippen molar-refractivity contribution < 1.29 is 0 Å². The third kappa shape index (κ3) is 2.91. The largest absolute Gasteiger partial charge is 0.343 e. The Labute approximate surface area is 119 Å². The third-order valence-electron chi connectivity index (χ3n) is 3.34. The maximum absolute atomic E-state index is 6.37. The number of aryl methyl sites for hydroxylation is 1. The van der Waals surface area contributed by atoms with Crippen molar-refractivity contribution in [3.05, 3.63) is 58.6 Å². The van der Waals surface area contributed by atoms with Crippen LogP contribution in [0.1, 0.15) is 24.1 Å². The van der Waals surface area contributed by atoms with Gasteiger partial charge < -0.3 is 10.6 Å². The lowest BCUT2D eigenvalue weighted by Crippen LogP contribution is -2.12. The van der Waals surface area contributed by atoms with E-state index in [0.717, 1.165) is 22.0 Å².